The highest BCUT2D eigenvalue weighted by Crippen LogP contribution is 2.31. The maximum atomic E-state index is 12.8. The van der Waals surface area contributed by atoms with Crippen LogP contribution in [-0.4, -0.2) is 29.7 Å². The number of anilines is 1. The van der Waals surface area contributed by atoms with Crippen molar-refractivity contribution in [1.82, 2.24) is 4.98 Å². The molecule has 4 heteroatoms. The molecule has 0 fully saturated rings. The minimum Gasteiger partial charge on any atom is -0.310 e. The zero-order valence-corrected chi connectivity index (χ0v) is 15.4. The third-order valence-corrected chi connectivity index (χ3v) is 4.97. The molecule has 0 saturated heterocycles. The number of carbonyl (C=O) groups excluding carboxylic acids is 1. The molecule has 3 rings (SSSR count). The highest BCUT2D eigenvalue weighted by atomic mass is 16.2. The fraction of sp³-hybridized carbons (Fsp3) is 0.381. The summed E-state index contributed by atoms with van der Waals surface area (Å²) in [4.78, 5) is 23.7. The maximum Gasteiger partial charge on any atom is 0.248 e. The van der Waals surface area contributed by atoms with Crippen molar-refractivity contribution >= 4 is 17.3 Å². The van der Waals surface area contributed by atoms with Crippen LogP contribution in [-0.2, 0) is 4.79 Å². The van der Waals surface area contributed by atoms with E-state index in [1.807, 2.05) is 47.4 Å². The molecule has 1 aromatic heterocycles. The van der Waals surface area contributed by atoms with Gasteiger partial charge in [-0.2, -0.15) is 0 Å². The second-order valence-corrected chi connectivity index (χ2v) is 7.67. The van der Waals surface area contributed by atoms with E-state index < -0.39 is 0 Å². The Labute approximate surface area is 149 Å². The number of carbonyl (C=O) groups is 1. The molecule has 2 heterocycles. The first-order valence-corrected chi connectivity index (χ1v) is 8.73. The summed E-state index contributed by atoms with van der Waals surface area (Å²) in [5.41, 5.74) is 3.61. The summed E-state index contributed by atoms with van der Waals surface area (Å²) in [6, 6.07) is 13.8. The second kappa shape index (κ2) is 6.79. The SMILES string of the molecule is CC(CN1C(=O)CN=C(c2ccccn2)c2ccccc21)C(C)(C)C. The van der Waals surface area contributed by atoms with Crippen molar-refractivity contribution in [2.75, 3.05) is 18.0 Å². The lowest BCUT2D eigenvalue weighted by Crippen LogP contribution is -2.39. The van der Waals surface area contributed by atoms with Gasteiger partial charge in [0.25, 0.3) is 0 Å². The van der Waals surface area contributed by atoms with Gasteiger partial charge in [-0.15, -0.1) is 0 Å². The lowest BCUT2D eigenvalue weighted by atomic mass is 9.81. The fourth-order valence-electron chi connectivity index (χ4n) is 2.83. The first kappa shape index (κ1) is 17.3. The Hall–Kier alpha value is -2.49. The van der Waals surface area contributed by atoms with E-state index in [4.69, 9.17) is 0 Å². The van der Waals surface area contributed by atoms with E-state index >= 15 is 0 Å². The highest BCUT2D eigenvalue weighted by molar-refractivity contribution is 6.18. The number of hydrogen-bond donors (Lipinski definition) is 0. The second-order valence-electron chi connectivity index (χ2n) is 7.67. The van der Waals surface area contributed by atoms with E-state index in [-0.39, 0.29) is 17.9 Å². The number of pyridine rings is 1. The predicted octanol–water partition coefficient (Wildman–Crippen LogP) is 3.95. The number of benzodiazepines with no additional fused rings is 1. The molecule has 1 aliphatic rings. The highest BCUT2D eigenvalue weighted by Gasteiger charge is 2.29. The van der Waals surface area contributed by atoms with E-state index in [9.17, 15) is 4.79 Å². The normalized spacial score (nSPS) is 16.1. The van der Waals surface area contributed by atoms with Crippen molar-refractivity contribution in [2.24, 2.45) is 16.3 Å². The molecule has 0 N–H and O–H groups in total. The molecule has 4 nitrogen and oxygen atoms in total. The van der Waals surface area contributed by atoms with Gasteiger partial charge in [0.1, 0.15) is 6.54 Å². The Bertz CT molecular complexity index is 790. The van der Waals surface area contributed by atoms with E-state index in [1.165, 1.54) is 0 Å². The van der Waals surface area contributed by atoms with Crippen molar-refractivity contribution in [3.05, 3.63) is 59.9 Å². The Balaban J connectivity index is 2.05. The Morgan fingerprint density at radius 3 is 2.52 bits per heavy atom. The number of nitrogens with zero attached hydrogens (tertiary/aromatic N) is 3. The molecule has 0 radical (unpaired) electrons. The molecule has 2 aromatic rings. The van der Waals surface area contributed by atoms with Gasteiger partial charge >= 0.3 is 0 Å². The van der Waals surface area contributed by atoms with E-state index in [1.54, 1.807) is 6.20 Å². The van der Waals surface area contributed by atoms with Gasteiger partial charge in [-0.05, 0) is 29.5 Å². The summed E-state index contributed by atoms with van der Waals surface area (Å²) in [5, 5.41) is 0. The first-order valence-electron chi connectivity index (χ1n) is 8.73. The Morgan fingerprint density at radius 1 is 1.12 bits per heavy atom. The molecule has 1 atom stereocenters. The van der Waals surface area contributed by atoms with Crippen LogP contribution in [0.4, 0.5) is 5.69 Å². The van der Waals surface area contributed by atoms with Gasteiger partial charge in [-0.1, -0.05) is 52.0 Å². The zero-order chi connectivity index (χ0) is 18.0. The van der Waals surface area contributed by atoms with Gasteiger partial charge in [0.2, 0.25) is 5.91 Å². The largest absolute Gasteiger partial charge is 0.310 e. The van der Waals surface area contributed by atoms with Crippen LogP contribution in [0, 0.1) is 11.3 Å². The number of benzene rings is 1. The summed E-state index contributed by atoms with van der Waals surface area (Å²) in [5.74, 6) is 0.399. The van der Waals surface area contributed by atoms with Crippen LogP contribution < -0.4 is 4.90 Å². The van der Waals surface area contributed by atoms with Crippen LogP contribution in [0.2, 0.25) is 0 Å². The third kappa shape index (κ3) is 3.63. The van der Waals surface area contributed by atoms with Crippen molar-refractivity contribution in [1.29, 1.82) is 0 Å². The molecule has 1 unspecified atom stereocenters. The number of aliphatic imine (C=N–C) groups is 1. The predicted molar refractivity (Wildman–Crippen MR) is 102 cm³/mol. The average Bonchev–Trinajstić information content (AvgIpc) is 2.73. The third-order valence-electron chi connectivity index (χ3n) is 4.97. The van der Waals surface area contributed by atoms with Gasteiger partial charge in [0, 0.05) is 18.3 Å². The first-order chi connectivity index (χ1) is 11.9. The standard InChI is InChI=1S/C21H25N3O/c1-15(21(2,3)4)14-24-18-11-6-5-9-16(18)20(23-13-19(24)25)17-10-7-8-12-22-17/h5-12,15H,13-14H2,1-4H3. The topological polar surface area (TPSA) is 45.6 Å². The molecule has 1 aromatic carbocycles. The monoisotopic (exact) mass is 335 g/mol. The van der Waals surface area contributed by atoms with E-state index in [2.05, 4.69) is 37.7 Å². The van der Waals surface area contributed by atoms with Crippen LogP contribution in [0.3, 0.4) is 0 Å². The zero-order valence-electron chi connectivity index (χ0n) is 15.4. The molecule has 25 heavy (non-hydrogen) atoms. The van der Waals surface area contributed by atoms with E-state index in [0.29, 0.717) is 12.5 Å². The number of rotatable bonds is 3. The van der Waals surface area contributed by atoms with Crippen molar-refractivity contribution in [3.8, 4) is 0 Å². The Morgan fingerprint density at radius 2 is 1.84 bits per heavy atom. The lowest BCUT2D eigenvalue weighted by Gasteiger charge is -2.33. The van der Waals surface area contributed by atoms with Gasteiger partial charge in [-0.25, -0.2) is 0 Å². The molecule has 1 amide bonds. The number of fused-ring (bicyclic) bond motifs is 1. The van der Waals surface area contributed by atoms with Crippen molar-refractivity contribution in [2.45, 2.75) is 27.7 Å². The molecule has 0 spiro atoms. The summed E-state index contributed by atoms with van der Waals surface area (Å²) in [6.45, 7) is 9.66. The van der Waals surface area contributed by atoms with Gasteiger partial charge in [0.15, 0.2) is 0 Å². The average molecular weight is 335 g/mol. The van der Waals surface area contributed by atoms with Crippen LogP contribution >= 0.6 is 0 Å². The quantitative estimate of drug-likeness (QED) is 0.852. The minimum atomic E-state index is 0.0366. The summed E-state index contributed by atoms with van der Waals surface area (Å²) in [7, 11) is 0. The molecule has 130 valence electrons. The molecule has 1 aliphatic heterocycles. The van der Waals surface area contributed by atoms with Gasteiger partial charge in [0.05, 0.1) is 17.1 Å². The number of hydrogen-bond acceptors (Lipinski definition) is 3. The van der Waals surface area contributed by atoms with Crippen molar-refractivity contribution < 1.29 is 4.79 Å². The Kier molecular flexibility index (Phi) is 4.71. The summed E-state index contributed by atoms with van der Waals surface area (Å²) in [6.07, 6.45) is 1.76. The van der Waals surface area contributed by atoms with Gasteiger partial charge < -0.3 is 4.90 Å². The van der Waals surface area contributed by atoms with E-state index in [0.717, 1.165) is 22.7 Å². The minimum absolute atomic E-state index is 0.0366. The lowest BCUT2D eigenvalue weighted by molar-refractivity contribution is -0.117. The van der Waals surface area contributed by atoms with Crippen LogP contribution in [0.15, 0.2) is 53.7 Å². The molecule has 0 bridgehead atoms. The number of aromatic nitrogens is 1. The molecule has 0 saturated carbocycles. The van der Waals surface area contributed by atoms with Crippen LogP contribution in [0.1, 0.15) is 39.0 Å². The fourth-order valence-corrected chi connectivity index (χ4v) is 2.83. The van der Waals surface area contributed by atoms with Crippen LogP contribution in [0.25, 0.3) is 0 Å². The molecular weight excluding hydrogens is 310 g/mol. The van der Waals surface area contributed by atoms with Crippen molar-refractivity contribution in [3.63, 3.8) is 0 Å². The molecule has 0 aliphatic carbocycles. The smallest absolute Gasteiger partial charge is 0.248 e. The van der Waals surface area contributed by atoms with Gasteiger partial charge in [-0.3, -0.25) is 14.8 Å². The molecular formula is C21H25N3O. The number of amides is 1. The summed E-state index contributed by atoms with van der Waals surface area (Å²) >= 11 is 0. The summed E-state index contributed by atoms with van der Waals surface area (Å²) < 4.78 is 0. The number of para-hydroxylation sites is 1. The maximum absolute atomic E-state index is 12.8. The van der Waals surface area contributed by atoms with Crippen LogP contribution in [0.5, 0.6) is 0 Å².